The molecule has 3 aromatic rings. The Bertz CT molecular complexity index is 746. The minimum atomic E-state index is 0.742. The van der Waals surface area contributed by atoms with E-state index in [9.17, 15) is 0 Å². The lowest BCUT2D eigenvalue weighted by atomic mass is 10.3. The molecule has 2 heterocycles. The standard InChI is InChI=1S/C8H7NS.C7H15NO.C5H7NS/c1-6-9-7-4-2-3-5-8(7)10-6;1-5-6-8(4)9-7(2)3;1-4-3-6-5(2)7-4/h2-5H,1H3;2,5-6H2,1,3-4H3;3H,1-2H3. The van der Waals surface area contributed by atoms with Gasteiger partial charge in [-0.05, 0) is 46.2 Å². The molecule has 0 unspecified atom stereocenters. The van der Waals surface area contributed by atoms with Crippen molar-refractivity contribution in [2.45, 2.75) is 41.0 Å². The lowest BCUT2D eigenvalue weighted by Crippen LogP contribution is -2.18. The third kappa shape index (κ3) is 9.08. The van der Waals surface area contributed by atoms with Crippen molar-refractivity contribution in [2.24, 2.45) is 0 Å². The third-order valence-corrected chi connectivity index (χ3v) is 4.77. The van der Waals surface area contributed by atoms with Crippen LogP contribution in [0, 0.1) is 20.8 Å². The van der Waals surface area contributed by atoms with E-state index in [4.69, 9.17) is 4.84 Å². The molecule has 0 saturated heterocycles. The van der Waals surface area contributed by atoms with Crippen molar-refractivity contribution in [3.8, 4) is 0 Å². The quantitative estimate of drug-likeness (QED) is 0.394. The summed E-state index contributed by atoms with van der Waals surface area (Å²) in [6.07, 6.45) is 2.99. The second-order valence-corrected chi connectivity index (χ2v) is 8.51. The number of aromatic nitrogens is 2. The van der Waals surface area contributed by atoms with Gasteiger partial charge in [-0.2, -0.15) is 0 Å². The van der Waals surface area contributed by atoms with Crippen molar-refractivity contribution in [2.75, 3.05) is 13.6 Å². The van der Waals surface area contributed by atoms with E-state index in [1.165, 1.54) is 9.58 Å². The molecule has 0 aliphatic rings. The molecule has 0 atom stereocenters. The maximum Gasteiger partial charge on any atom is 0.114 e. The Balaban J connectivity index is 0.000000198. The predicted molar refractivity (Wildman–Crippen MR) is 115 cm³/mol. The van der Waals surface area contributed by atoms with Gasteiger partial charge in [0.1, 0.15) is 5.76 Å². The second-order valence-electron chi connectivity index (χ2n) is 5.84. The molecule has 4 nitrogen and oxygen atoms in total. The van der Waals surface area contributed by atoms with Crippen molar-refractivity contribution >= 4 is 32.9 Å². The number of hydroxylamine groups is 2. The fraction of sp³-hybridized carbons (Fsp3) is 0.400. The Kier molecular flexibility index (Phi) is 10.1. The lowest BCUT2D eigenvalue weighted by molar-refractivity contribution is -0.0951. The van der Waals surface area contributed by atoms with Gasteiger partial charge in [0.2, 0.25) is 0 Å². The smallest absolute Gasteiger partial charge is 0.114 e. The highest BCUT2D eigenvalue weighted by Crippen LogP contribution is 2.19. The van der Waals surface area contributed by atoms with Gasteiger partial charge < -0.3 is 4.84 Å². The Labute approximate surface area is 165 Å². The third-order valence-electron chi connectivity index (χ3n) is 2.99. The maximum absolute atomic E-state index is 5.13. The largest absolute Gasteiger partial charge is 0.412 e. The Morgan fingerprint density at radius 3 is 2.31 bits per heavy atom. The molecule has 6 heteroatoms. The van der Waals surface area contributed by atoms with Gasteiger partial charge in [0.05, 0.1) is 20.2 Å². The summed E-state index contributed by atoms with van der Waals surface area (Å²) in [6, 6.07) is 8.19. The van der Waals surface area contributed by atoms with Crippen LogP contribution in [0.1, 0.15) is 35.2 Å². The van der Waals surface area contributed by atoms with E-state index in [1.807, 2.05) is 52.2 Å². The number of thiazole rings is 2. The average Bonchev–Trinajstić information content (AvgIpc) is 3.11. The SMILES string of the molecule is C=C(C)ON(C)CCC.Cc1cnc(C)s1.Cc1nc2ccccc2s1. The van der Waals surface area contributed by atoms with Crippen LogP contribution in [-0.4, -0.2) is 28.6 Å². The number of aryl methyl sites for hydroxylation is 3. The first-order valence-electron chi connectivity index (χ1n) is 8.57. The topological polar surface area (TPSA) is 38.2 Å². The maximum atomic E-state index is 5.13. The number of hydrogen-bond donors (Lipinski definition) is 0. The zero-order chi connectivity index (χ0) is 19.5. The highest BCUT2D eigenvalue weighted by atomic mass is 32.1. The molecular weight excluding hydrogens is 362 g/mol. The molecule has 0 fully saturated rings. The van der Waals surface area contributed by atoms with Crippen LogP contribution >= 0.6 is 22.7 Å². The molecule has 26 heavy (non-hydrogen) atoms. The first-order valence-corrected chi connectivity index (χ1v) is 10.2. The van der Waals surface area contributed by atoms with E-state index >= 15 is 0 Å². The molecule has 0 amide bonds. The predicted octanol–water partition coefficient (Wildman–Crippen LogP) is 6.16. The van der Waals surface area contributed by atoms with Gasteiger partial charge in [-0.3, -0.25) is 0 Å². The van der Waals surface area contributed by atoms with Crippen LogP contribution in [0.5, 0.6) is 0 Å². The molecule has 142 valence electrons. The summed E-state index contributed by atoms with van der Waals surface area (Å²) >= 11 is 3.47. The summed E-state index contributed by atoms with van der Waals surface area (Å²) < 4.78 is 1.28. The summed E-state index contributed by atoms with van der Waals surface area (Å²) in [7, 11) is 1.90. The molecule has 0 N–H and O–H groups in total. The van der Waals surface area contributed by atoms with Crippen molar-refractivity contribution < 1.29 is 4.84 Å². The number of allylic oxidation sites excluding steroid dienone is 1. The number of rotatable bonds is 4. The van der Waals surface area contributed by atoms with Crippen LogP contribution in [-0.2, 0) is 4.84 Å². The van der Waals surface area contributed by atoms with Crippen molar-refractivity contribution in [1.82, 2.24) is 15.0 Å². The fourth-order valence-electron chi connectivity index (χ4n) is 2.08. The van der Waals surface area contributed by atoms with Crippen molar-refractivity contribution in [3.05, 3.63) is 57.7 Å². The summed E-state index contributed by atoms with van der Waals surface area (Å²) in [4.78, 5) is 14.8. The first kappa shape index (κ1) is 22.3. The van der Waals surface area contributed by atoms with Gasteiger partial charge in [-0.1, -0.05) is 25.6 Å². The zero-order valence-corrected chi connectivity index (χ0v) is 18.2. The van der Waals surface area contributed by atoms with Crippen molar-refractivity contribution in [3.63, 3.8) is 0 Å². The van der Waals surface area contributed by atoms with E-state index < -0.39 is 0 Å². The van der Waals surface area contributed by atoms with Gasteiger partial charge in [0.15, 0.2) is 0 Å². The highest BCUT2D eigenvalue weighted by molar-refractivity contribution is 7.18. The molecule has 0 aliphatic heterocycles. The molecule has 0 radical (unpaired) electrons. The lowest BCUT2D eigenvalue weighted by Gasteiger charge is -2.15. The van der Waals surface area contributed by atoms with Crippen LogP contribution in [0.3, 0.4) is 0 Å². The molecule has 0 spiro atoms. The number of para-hydroxylation sites is 1. The van der Waals surface area contributed by atoms with E-state index in [2.05, 4.69) is 36.5 Å². The van der Waals surface area contributed by atoms with E-state index in [0.29, 0.717) is 0 Å². The highest BCUT2D eigenvalue weighted by Gasteiger charge is 1.95. The minimum Gasteiger partial charge on any atom is -0.412 e. The Morgan fingerprint density at radius 1 is 1.15 bits per heavy atom. The van der Waals surface area contributed by atoms with Crippen LogP contribution in [0.15, 0.2) is 42.8 Å². The Morgan fingerprint density at radius 2 is 1.85 bits per heavy atom. The van der Waals surface area contributed by atoms with Crippen molar-refractivity contribution in [1.29, 1.82) is 0 Å². The summed E-state index contributed by atoms with van der Waals surface area (Å²) in [5.74, 6) is 0.742. The first-order chi connectivity index (χ1) is 12.3. The van der Waals surface area contributed by atoms with Gasteiger partial charge in [0.25, 0.3) is 0 Å². The summed E-state index contributed by atoms with van der Waals surface area (Å²) in [5.41, 5.74) is 1.12. The van der Waals surface area contributed by atoms with Crippen LogP contribution in [0.4, 0.5) is 0 Å². The van der Waals surface area contributed by atoms with Gasteiger partial charge in [0, 0.05) is 24.7 Å². The molecule has 3 rings (SSSR count). The summed E-state index contributed by atoms with van der Waals surface area (Å²) in [6.45, 7) is 14.6. The van der Waals surface area contributed by atoms with Gasteiger partial charge >= 0.3 is 0 Å². The molecule has 0 saturated carbocycles. The van der Waals surface area contributed by atoms with Crippen LogP contribution < -0.4 is 0 Å². The molecule has 1 aromatic carbocycles. The molecule has 2 aromatic heterocycles. The fourth-order valence-corrected chi connectivity index (χ4v) is 3.59. The molecular formula is C20H29N3OS2. The number of nitrogens with zero attached hydrogens (tertiary/aromatic N) is 3. The average molecular weight is 392 g/mol. The van der Waals surface area contributed by atoms with Gasteiger partial charge in [-0.15, -0.1) is 27.7 Å². The number of benzene rings is 1. The molecule has 0 aliphatic carbocycles. The molecule has 0 bridgehead atoms. The monoisotopic (exact) mass is 391 g/mol. The minimum absolute atomic E-state index is 0.742. The second kappa shape index (κ2) is 11.8. The number of fused-ring (bicyclic) bond motifs is 1. The zero-order valence-electron chi connectivity index (χ0n) is 16.6. The van der Waals surface area contributed by atoms with Gasteiger partial charge in [-0.25, -0.2) is 9.97 Å². The van der Waals surface area contributed by atoms with Crippen LogP contribution in [0.2, 0.25) is 0 Å². The van der Waals surface area contributed by atoms with E-state index in [0.717, 1.165) is 34.3 Å². The van der Waals surface area contributed by atoms with E-state index in [1.54, 1.807) is 27.7 Å². The number of hydrogen-bond acceptors (Lipinski definition) is 6. The normalized spacial score (nSPS) is 9.96. The van der Waals surface area contributed by atoms with E-state index in [-0.39, 0.29) is 0 Å². The Hall–Kier alpha value is -1.76. The van der Waals surface area contributed by atoms with Crippen LogP contribution in [0.25, 0.3) is 10.2 Å². The summed E-state index contributed by atoms with van der Waals surface area (Å²) in [5, 5.41) is 4.07.